The van der Waals surface area contributed by atoms with Crippen molar-refractivity contribution in [1.82, 2.24) is 5.32 Å². The molecule has 0 fully saturated rings. The fraction of sp³-hybridized carbons (Fsp3) is 0.235. The number of hydrogen-bond donors (Lipinski definition) is 1. The molecule has 0 aliphatic rings. The lowest BCUT2D eigenvalue weighted by Crippen LogP contribution is -2.24. The van der Waals surface area contributed by atoms with Gasteiger partial charge in [0.1, 0.15) is 11.5 Å². The molecule has 1 N–H and O–H groups in total. The lowest BCUT2D eigenvalue weighted by atomic mass is 10.1. The van der Waals surface area contributed by atoms with Crippen LogP contribution in [0, 0.1) is 13.8 Å². The van der Waals surface area contributed by atoms with Gasteiger partial charge < -0.3 is 9.73 Å². The summed E-state index contributed by atoms with van der Waals surface area (Å²) in [4.78, 5) is 11.9. The molecule has 1 aromatic heterocycles. The Bertz CT molecular complexity index is 673. The maximum atomic E-state index is 11.9. The van der Waals surface area contributed by atoms with E-state index in [1.165, 1.54) is 6.08 Å². The Labute approximate surface area is 129 Å². The zero-order chi connectivity index (χ0) is 15.4. The second-order valence-corrected chi connectivity index (χ2v) is 5.43. The number of amides is 1. The van der Waals surface area contributed by atoms with E-state index < -0.39 is 0 Å². The average Bonchev–Trinajstić information content (AvgIpc) is 2.87. The number of hydrogen-bond acceptors (Lipinski definition) is 2. The Balaban J connectivity index is 1.97. The van der Waals surface area contributed by atoms with Crippen LogP contribution in [0.3, 0.4) is 0 Å². The highest BCUT2D eigenvalue weighted by Crippen LogP contribution is 2.18. The number of furan rings is 1. The Hall–Kier alpha value is -2.00. The van der Waals surface area contributed by atoms with Crippen LogP contribution in [0.1, 0.15) is 35.6 Å². The topological polar surface area (TPSA) is 42.2 Å². The van der Waals surface area contributed by atoms with Crippen molar-refractivity contribution in [2.45, 2.75) is 26.8 Å². The number of halogens is 1. The van der Waals surface area contributed by atoms with E-state index in [-0.39, 0.29) is 11.9 Å². The molecule has 0 radical (unpaired) electrons. The lowest BCUT2D eigenvalue weighted by molar-refractivity contribution is -0.117. The molecular weight excluding hydrogens is 286 g/mol. The zero-order valence-electron chi connectivity index (χ0n) is 12.3. The third kappa shape index (κ3) is 4.23. The van der Waals surface area contributed by atoms with Gasteiger partial charge in [-0.1, -0.05) is 23.7 Å². The summed E-state index contributed by atoms with van der Waals surface area (Å²) in [6, 6.07) is 9.25. The SMILES string of the molecule is Cc1ccc(C(C)NC(=O)/C=C/c2ccc(C)c(Cl)c2)o1. The minimum absolute atomic E-state index is 0.169. The van der Waals surface area contributed by atoms with Gasteiger partial charge in [0, 0.05) is 11.1 Å². The highest BCUT2D eigenvalue weighted by atomic mass is 35.5. The van der Waals surface area contributed by atoms with Crippen LogP contribution in [0.5, 0.6) is 0 Å². The lowest BCUT2D eigenvalue weighted by Gasteiger charge is -2.09. The van der Waals surface area contributed by atoms with Gasteiger partial charge in [0.05, 0.1) is 6.04 Å². The average molecular weight is 304 g/mol. The van der Waals surface area contributed by atoms with E-state index in [4.69, 9.17) is 16.0 Å². The molecule has 0 bridgehead atoms. The minimum atomic E-state index is -0.173. The number of benzene rings is 1. The summed E-state index contributed by atoms with van der Waals surface area (Å²) < 4.78 is 5.48. The monoisotopic (exact) mass is 303 g/mol. The molecule has 0 spiro atoms. The molecule has 0 saturated heterocycles. The van der Waals surface area contributed by atoms with Crippen molar-refractivity contribution in [2.24, 2.45) is 0 Å². The Kier molecular flexibility index (Phi) is 4.86. The van der Waals surface area contributed by atoms with E-state index in [9.17, 15) is 4.79 Å². The smallest absolute Gasteiger partial charge is 0.244 e. The van der Waals surface area contributed by atoms with E-state index in [0.717, 1.165) is 22.6 Å². The molecule has 0 aliphatic heterocycles. The van der Waals surface area contributed by atoms with Crippen LogP contribution in [0.25, 0.3) is 6.08 Å². The van der Waals surface area contributed by atoms with Crippen LogP contribution in [0.15, 0.2) is 40.8 Å². The van der Waals surface area contributed by atoms with Crippen molar-refractivity contribution in [3.05, 3.63) is 64.1 Å². The molecule has 1 amide bonds. The fourth-order valence-corrected chi connectivity index (χ4v) is 2.09. The summed E-state index contributed by atoms with van der Waals surface area (Å²) >= 11 is 6.05. The summed E-state index contributed by atoms with van der Waals surface area (Å²) in [5, 5.41) is 3.54. The second-order valence-electron chi connectivity index (χ2n) is 5.02. The molecule has 110 valence electrons. The van der Waals surface area contributed by atoms with Gasteiger partial charge in [0.2, 0.25) is 5.91 Å². The van der Waals surface area contributed by atoms with E-state index in [1.807, 2.05) is 51.1 Å². The molecule has 3 nitrogen and oxygen atoms in total. The summed E-state index contributed by atoms with van der Waals surface area (Å²) in [6.45, 7) is 5.70. The molecule has 1 aromatic carbocycles. The first-order valence-electron chi connectivity index (χ1n) is 6.77. The molecule has 0 aliphatic carbocycles. The normalized spacial score (nSPS) is 12.6. The fourth-order valence-electron chi connectivity index (χ4n) is 1.90. The van der Waals surface area contributed by atoms with Gasteiger partial charge in [0.15, 0.2) is 0 Å². The maximum Gasteiger partial charge on any atom is 0.244 e. The number of carbonyl (C=O) groups is 1. The maximum absolute atomic E-state index is 11.9. The van der Waals surface area contributed by atoms with Crippen LogP contribution >= 0.6 is 11.6 Å². The predicted molar refractivity (Wildman–Crippen MR) is 85.2 cm³/mol. The number of rotatable bonds is 4. The molecule has 4 heteroatoms. The highest BCUT2D eigenvalue weighted by molar-refractivity contribution is 6.31. The van der Waals surface area contributed by atoms with Crippen molar-refractivity contribution >= 4 is 23.6 Å². The van der Waals surface area contributed by atoms with Gasteiger partial charge >= 0.3 is 0 Å². The third-order valence-electron chi connectivity index (χ3n) is 3.17. The van der Waals surface area contributed by atoms with Crippen LogP contribution in [0.4, 0.5) is 0 Å². The molecule has 1 atom stereocenters. The van der Waals surface area contributed by atoms with Crippen LogP contribution in [-0.2, 0) is 4.79 Å². The predicted octanol–water partition coefficient (Wildman–Crippen LogP) is 4.44. The van der Waals surface area contributed by atoms with E-state index in [2.05, 4.69) is 5.32 Å². The van der Waals surface area contributed by atoms with Crippen molar-refractivity contribution in [1.29, 1.82) is 0 Å². The van der Waals surface area contributed by atoms with Crippen molar-refractivity contribution in [3.63, 3.8) is 0 Å². The van der Waals surface area contributed by atoms with E-state index >= 15 is 0 Å². The minimum Gasteiger partial charge on any atom is -0.464 e. The van der Waals surface area contributed by atoms with Crippen LogP contribution in [0.2, 0.25) is 5.02 Å². The highest BCUT2D eigenvalue weighted by Gasteiger charge is 2.10. The molecular formula is C17H18ClNO2. The first kappa shape index (κ1) is 15.4. The van der Waals surface area contributed by atoms with Crippen molar-refractivity contribution < 1.29 is 9.21 Å². The molecule has 2 aromatic rings. The summed E-state index contributed by atoms with van der Waals surface area (Å²) in [6.07, 6.45) is 3.23. The number of aryl methyl sites for hydroxylation is 2. The summed E-state index contributed by atoms with van der Waals surface area (Å²) in [5.74, 6) is 1.40. The molecule has 2 rings (SSSR count). The number of nitrogens with one attached hydrogen (secondary N) is 1. The zero-order valence-corrected chi connectivity index (χ0v) is 13.1. The van der Waals surface area contributed by atoms with Crippen molar-refractivity contribution in [2.75, 3.05) is 0 Å². The first-order chi connectivity index (χ1) is 9.95. The number of carbonyl (C=O) groups excluding carboxylic acids is 1. The van der Waals surface area contributed by atoms with Gasteiger partial charge in [-0.15, -0.1) is 0 Å². The van der Waals surface area contributed by atoms with Crippen molar-refractivity contribution in [3.8, 4) is 0 Å². The van der Waals surface area contributed by atoms with Gasteiger partial charge in [-0.05, 0) is 56.2 Å². The van der Waals surface area contributed by atoms with E-state index in [1.54, 1.807) is 6.08 Å². The van der Waals surface area contributed by atoms with Gasteiger partial charge in [0.25, 0.3) is 0 Å². The molecule has 21 heavy (non-hydrogen) atoms. The van der Waals surface area contributed by atoms with Crippen LogP contribution < -0.4 is 5.32 Å². The quantitative estimate of drug-likeness (QED) is 0.848. The molecule has 1 heterocycles. The Morgan fingerprint density at radius 3 is 2.67 bits per heavy atom. The van der Waals surface area contributed by atoms with E-state index in [0.29, 0.717) is 5.02 Å². The molecule has 1 unspecified atom stereocenters. The second kappa shape index (κ2) is 6.64. The summed E-state index contributed by atoms with van der Waals surface area (Å²) in [7, 11) is 0. The van der Waals surface area contributed by atoms with Gasteiger partial charge in [-0.25, -0.2) is 0 Å². The Morgan fingerprint density at radius 1 is 1.29 bits per heavy atom. The van der Waals surface area contributed by atoms with Gasteiger partial charge in [-0.3, -0.25) is 4.79 Å². The standard InChI is InChI=1S/C17H18ClNO2/c1-11-4-6-14(10-15(11)18)7-9-17(20)19-13(3)16-8-5-12(2)21-16/h4-10,13H,1-3H3,(H,19,20)/b9-7+. The van der Waals surface area contributed by atoms with Gasteiger partial charge in [-0.2, -0.15) is 0 Å². The largest absolute Gasteiger partial charge is 0.464 e. The molecule has 0 saturated carbocycles. The Morgan fingerprint density at radius 2 is 2.05 bits per heavy atom. The third-order valence-corrected chi connectivity index (χ3v) is 3.58. The summed E-state index contributed by atoms with van der Waals surface area (Å²) in [5.41, 5.74) is 1.90. The van der Waals surface area contributed by atoms with Crippen LogP contribution in [-0.4, -0.2) is 5.91 Å². The first-order valence-corrected chi connectivity index (χ1v) is 7.14.